The van der Waals surface area contributed by atoms with E-state index in [0.717, 1.165) is 19.5 Å². The minimum absolute atomic E-state index is 0.211. The molecule has 0 bridgehead atoms. The van der Waals surface area contributed by atoms with Crippen molar-refractivity contribution in [2.75, 3.05) is 18.0 Å². The molecule has 1 atom stereocenters. The number of benzene rings is 1. The van der Waals surface area contributed by atoms with Gasteiger partial charge < -0.3 is 10.6 Å². The molecule has 1 unspecified atom stereocenters. The maximum Gasteiger partial charge on any atom is 0.136 e. The number of hydrogen-bond donors (Lipinski definition) is 2. The smallest absolute Gasteiger partial charge is 0.136 e. The number of anilines is 1. The summed E-state index contributed by atoms with van der Waals surface area (Å²) in [6.07, 6.45) is 1.07. The maximum absolute atomic E-state index is 13.8. The van der Waals surface area contributed by atoms with Crippen LogP contribution in [0.4, 0.5) is 10.1 Å². The third-order valence-corrected chi connectivity index (χ3v) is 3.21. The zero-order valence-corrected chi connectivity index (χ0v) is 11.3. The monoisotopic (exact) mass is 251 g/mol. The molecule has 1 aromatic carbocycles. The minimum Gasteiger partial charge on any atom is -0.384 e. The zero-order chi connectivity index (χ0) is 13.7. The summed E-state index contributed by atoms with van der Waals surface area (Å²) in [6.45, 7) is 7.94. The normalized spacial score (nSPS) is 12.2. The molecule has 0 spiro atoms. The van der Waals surface area contributed by atoms with Gasteiger partial charge in [-0.25, -0.2) is 4.39 Å². The molecule has 0 aliphatic carbocycles. The second-order valence-electron chi connectivity index (χ2n) is 4.60. The molecule has 100 valence electrons. The van der Waals surface area contributed by atoms with Gasteiger partial charge in [0.05, 0.1) is 11.3 Å². The molecule has 1 rings (SSSR count). The quantitative estimate of drug-likeness (QED) is 0.603. The third-order valence-electron chi connectivity index (χ3n) is 3.21. The summed E-state index contributed by atoms with van der Waals surface area (Å²) in [4.78, 5) is 2.08. The number of nitrogen functional groups attached to an aromatic ring is 1. The molecule has 4 heteroatoms. The van der Waals surface area contributed by atoms with Gasteiger partial charge in [-0.2, -0.15) is 0 Å². The average molecular weight is 251 g/mol. The van der Waals surface area contributed by atoms with E-state index >= 15 is 0 Å². The fourth-order valence-electron chi connectivity index (χ4n) is 1.95. The van der Waals surface area contributed by atoms with Crippen LogP contribution in [0.3, 0.4) is 0 Å². The Morgan fingerprint density at radius 2 is 2.11 bits per heavy atom. The molecule has 0 aliphatic heterocycles. The van der Waals surface area contributed by atoms with Gasteiger partial charge in [0.25, 0.3) is 0 Å². The second-order valence-corrected chi connectivity index (χ2v) is 4.60. The Bertz CT molecular complexity index is 418. The van der Waals surface area contributed by atoms with Crippen molar-refractivity contribution in [2.45, 2.75) is 27.2 Å². The Labute approximate surface area is 108 Å². The summed E-state index contributed by atoms with van der Waals surface area (Å²) in [7, 11) is 0. The number of rotatable bonds is 6. The van der Waals surface area contributed by atoms with E-state index in [4.69, 9.17) is 11.1 Å². The first kappa shape index (κ1) is 14.5. The van der Waals surface area contributed by atoms with E-state index in [1.54, 1.807) is 6.07 Å². The van der Waals surface area contributed by atoms with Crippen LogP contribution in [0.5, 0.6) is 0 Å². The molecular weight excluding hydrogens is 229 g/mol. The number of nitrogens with zero attached hydrogens (tertiary/aromatic N) is 1. The van der Waals surface area contributed by atoms with E-state index in [1.165, 1.54) is 6.07 Å². The SMILES string of the molecule is CCC(C)CN(CC)c1cccc(F)c1C(=N)N. The molecule has 3 nitrogen and oxygen atoms in total. The lowest BCUT2D eigenvalue weighted by Gasteiger charge is -2.28. The topological polar surface area (TPSA) is 53.1 Å². The minimum atomic E-state index is -0.428. The molecule has 0 saturated heterocycles. The molecule has 1 aromatic rings. The van der Waals surface area contributed by atoms with Crippen molar-refractivity contribution < 1.29 is 4.39 Å². The molecule has 0 amide bonds. The standard InChI is InChI=1S/C14H22FN3/c1-4-10(3)9-18(5-2)12-8-6-7-11(15)13(12)14(16)17/h6-8,10H,4-5,9H2,1-3H3,(H3,16,17). The van der Waals surface area contributed by atoms with Crippen molar-refractivity contribution in [3.63, 3.8) is 0 Å². The van der Waals surface area contributed by atoms with Crippen LogP contribution in [0.25, 0.3) is 0 Å². The largest absolute Gasteiger partial charge is 0.384 e. The summed E-state index contributed by atoms with van der Waals surface area (Å²) in [6, 6.07) is 4.83. The molecule has 0 aromatic heterocycles. The van der Waals surface area contributed by atoms with Crippen LogP contribution >= 0.6 is 0 Å². The van der Waals surface area contributed by atoms with Gasteiger partial charge in [-0.1, -0.05) is 26.3 Å². The predicted octanol–water partition coefficient (Wildman–Crippen LogP) is 2.98. The lowest BCUT2D eigenvalue weighted by molar-refractivity contribution is 0.546. The number of nitrogens with two attached hydrogens (primary N) is 1. The highest BCUT2D eigenvalue weighted by Crippen LogP contribution is 2.24. The van der Waals surface area contributed by atoms with Crippen molar-refractivity contribution in [3.8, 4) is 0 Å². The molecular formula is C14H22FN3. The zero-order valence-electron chi connectivity index (χ0n) is 11.3. The van der Waals surface area contributed by atoms with Crippen molar-refractivity contribution in [3.05, 3.63) is 29.6 Å². The third kappa shape index (κ3) is 3.22. The van der Waals surface area contributed by atoms with Crippen LogP contribution in [0.2, 0.25) is 0 Å². The fraction of sp³-hybridized carbons (Fsp3) is 0.500. The van der Waals surface area contributed by atoms with E-state index in [2.05, 4.69) is 18.7 Å². The number of halogens is 1. The summed E-state index contributed by atoms with van der Waals surface area (Å²) in [5, 5.41) is 7.52. The summed E-state index contributed by atoms with van der Waals surface area (Å²) < 4.78 is 13.8. The van der Waals surface area contributed by atoms with Crippen molar-refractivity contribution >= 4 is 11.5 Å². The van der Waals surface area contributed by atoms with Crippen molar-refractivity contribution in [1.82, 2.24) is 0 Å². The van der Waals surface area contributed by atoms with Gasteiger partial charge in [0, 0.05) is 13.1 Å². The van der Waals surface area contributed by atoms with Crippen LogP contribution < -0.4 is 10.6 Å². The fourth-order valence-corrected chi connectivity index (χ4v) is 1.95. The van der Waals surface area contributed by atoms with E-state index in [9.17, 15) is 4.39 Å². The molecule has 18 heavy (non-hydrogen) atoms. The van der Waals surface area contributed by atoms with E-state index in [-0.39, 0.29) is 11.4 Å². The van der Waals surface area contributed by atoms with Crippen LogP contribution in [0.1, 0.15) is 32.8 Å². The molecule has 0 radical (unpaired) electrons. The van der Waals surface area contributed by atoms with Gasteiger partial charge in [-0.05, 0) is 25.0 Å². The highest BCUT2D eigenvalue weighted by atomic mass is 19.1. The van der Waals surface area contributed by atoms with Gasteiger partial charge in [-0.15, -0.1) is 0 Å². The Balaban J connectivity index is 3.13. The van der Waals surface area contributed by atoms with Gasteiger partial charge in [0.2, 0.25) is 0 Å². The Kier molecular flexibility index (Phi) is 5.13. The Morgan fingerprint density at radius 1 is 1.44 bits per heavy atom. The van der Waals surface area contributed by atoms with Crippen LogP contribution in [-0.4, -0.2) is 18.9 Å². The number of amidine groups is 1. The molecule has 0 fully saturated rings. The van der Waals surface area contributed by atoms with Gasteiger partial charge in [-0.3, -0.25) is 5.41 Å². The van der Waals surface area contributed by atoms with Crippen molar-refractivity contribution in [1.29, 1.82) is 5.41 Å². The highest BCUT2D eigenvalue weighted by molar-refractivity contribution is 6.00. The first-order valence-electron chi connectivity index (χ1n) is 6.39. The van der Waals surface area contributed by atoms with E-state index < -0.39 is 5.82 Å². The average Bonchev–Trinajstić information content (AvgIpc) is 2.34. The predicted molar refractivity (Wildman–Crippen MR) is 74.8 cm³/mol. The van der Waals surface area contributed by atoms with E-state index in [0.29, 0.717) is 11.6 Å². The Morgan fingerprint density at radius 3 is 2.61 bits per heavy atom. The molecule has 0 heterocycles. The molecule has 0 aliphatic rings. The van der Waals surface area contributed by atoms with Crippen LogP contribution in [0, 0.1) is 17.1 Å². The number of hydrogen-bond acceptors (Lipinski definition) is 2. The van der Waals surface area contributed by atoms with Gasteiger partial charge >= 0.3 is 0 Å². The first-order valence-corrected chi connectivity index (χ1v) is 6.39. The van der Waals surface area contributed by atoms with Gasteiger partial charge in [0.15, 0.2) is 0 Å². The second kappa shape index (κ2) is 6.38. The lowest BCUT2D eigenvalue weighted by Crippen LogP contribution is -2.31. The maximum atomic E-state index is 13.8. The summed E-state index contributed by atoms with van der Waals surface area (Å²) in [5.41, 5.74) is 6.41. The van der Waals surface area contributed by atoms with Crippen LogP contribution in [0.15, 0.2) is 18.2 Å². The molecule has 0 saturated carbocycles. The van der Waals surface area contributed by atoms with Gasteiger partial charge in [0.1, 0.15) is 11.7 Å². The summed E-state index contributed by atoms with van der Waals surface area (Å²) in [5.74, 6) is -0.124. The first-order chi connectivity index (χ1) is 8.51. The summed E-state index contributed by atoms with van der Waals surface area (Å²) >= 11 is 0. The van der Waals surface area contributed by atoms with Crippen LogP contribution in [-0.2, 0) is 0 Å². The van der Waals surface area contributed by atoms with E-state index in [1.807, 2.05) is 13.0 Å². The van der Waals surface area contributed by atoms with Crippen molar-refractivity contribution in [2.24, 2.45) is 11.7 Å². The lowest BCUT2D eigenvalue weighted by atomic mass is 10.1. The Hall–Kier alpha value is -1.58. The number of nitrogens with one attached hydrogen (secondary N) is 1. The molecule has 3 N–H and O–H groups in total. The highest BCUT2D eigenvalue weighted by Gasteiger charge is 2.17.